The molecule has 21 heavy (non-hydrogen) atoms. The van der Waals surface area contributed by atoms with Crippen LogP contribution < -0.4 is 9.05 Å². The summed E-state index contributed by atoms with van der Waals surface area (Å²) in [5, 5.41) is 0. The molecule has 0 fully saturated rings. The minimum atomic E-state index is -2.76. The minimum Gasteiger partial charge on any atom is -0.426 e. The van der Waals surface area contributed by atoms with E-state index in [9.17, 15) is 9.13 Å². The minimum absolute atomic E-state index is 0.426. The van der Waals surface area contributed by atoms with Crippen LogP contribution in [0, 0.1) is 0 Å². The highest BCUT2D eigenvalue weighted by Gasteiger charge is 2.05. The fourth-order valence-electron chi connectivity index (χ4n) is 1.35. The van der Waals surface area contributed by atoms with Crippen LogP contribution in [-0.4, -0.2) is 6.79 Å². The summed E-state index contributed by atoms with van der Waals surface area (Å²) in [5.74, 6) is 0.851. The van der Waals surface area contributed by atoms with Gasteiger partial charge in [-0.2, -0.15) is 0 Å². The number of para-hydroxylation sites is 2. The molecule has 0 bridgehead atoms. The van der Waals surface area contributed by atoms with Crippen molar-refractivity contribution in [2.45, 2.75) is 0 Å². The van der Waals surface area contributed by atoms with Crippen molar-refractivity contribution in [3.05, 3.63) is 60.7 Å². The Hall–Kier alpha value is -1.58. The van der Waals surface area contributed by atoms with E-state index in [4.69, 9.17) is 18.1 Å². The predicted octanol–water partition coefficient (Wildman–Crippen LogP) is 3.91. The Morgan fingerprint density at radius 3 is 1.43 bits per heavy atom. The molecule has 0 aliphatic carbocycles. The summed E-state index contributed by atoms with van der Waals surface area (Å²) < 4.78 is 42.6. The summed E-state index contributed by atoms with van der Waals surface area (Å²) in [7, 11) is -5.53. The van der Waals surface area contributed by atoms with Gasteiger partial charge in [0.15, 0.2) is 6.79 Å². The van der Waals surface area contributed by atoms with E-state index in [1.165, 1.54) is 0 Å². The van der Waals surface area contributed by atoms with Crippen LogP contribution >= 0.6 is 16.5 Å². The summed E-state index contributed by atoms with van der Waals surface area (Å²) in [6.07, 6.45) is 0. The molecule has 0 radical (unpaired) electrons. The van der Waals surface area contributed by atoms with Crippen molar-refractivity contribution in [3.63, 3.8) is 0 Å². The maximum absolute atomic E-state index is 11.5. The zero-order chi connectivity index (χ0) is 14.9. The highest BCUT2D eigenvalue weighted by Crippen LogP contribution is 2.31. The summed E-state index contributed by atoms with van der Waals surface area (Å²) in [6, 6.07) is 17.2. The maximum atomic E-state index is 11.5. The molecule has 0 heterocycles. The van der Waals surface area contributed by atoms with Gasteiger partial charge in [0.05, 0.1) is 0 Å². The van der Waals surface area contributed by atoms with Gasteiger partial charge in [0.1, 0.15) is 11.5 Å². The summed E-state index contributed by atoms with van der Waals surface area (Å²) in [6.45, 7) is -0.435. The van der Waals surface area contributed by atoms with E-state index >= 15 is 0 Å². The molecule has 2 unspecified atom stereocenters. The average Bonchev–Trinajstić information content (AvgIpc) is 2.49. The molecule has 0 aliphatic heterocycles. The largest absolute Gasteiger partial charge is 0.426 e. The Bertz CT molecular complexity index is 537. The van der Waals surface area contributed by atoms with Crippen LogP contribution in [0.3, 0.4) is 0 Å². The number of benzene rings is 2. The molecule has 2 rings (SSSR count). The number of rotatable bonds is 8. The van der Waals surface area contributed by atoms with Crippen molar-refractivity contribution in [1.29, 1.82) is 0 Å². The summed E-state index contributed by atoms with van der Waals surface area (Å²) in [4.78, 5) is 0. The van der Waals surface area contributed by atoms with E-state index in [1.807, 2.05) is 0 Å². The monoisotopic (exact) mass is 328 g/mol. The van der Waals surface area contributed by atoms with Crippen molar-refractivity contribution in [1.82, 2.24) is 0 Å². The molecular formula is C13H14O6P2. The first-order valence-corrected chi connectivity index (χ1v) is 8.48. The molecule has 8 heteroatoms. The standard InChI is InChI=1S/C13H14O6P2/c14-20(18-12-7-3-1-4-8-12)16-11-17-21(15)19-13-9-5-2-6-10-13/h1-10,20-21H,11H2. The first-order valence-electron chi connectivity index (χ1n) is 6.03. The lowest BCUT2D eigenvalue weighted by Crippen LogP contribution is -1.93. The Balaban J connectivity index is 1.67. The van der Waals surface area contributed by atoms with E-state index in [-0.39, 0.29) is 0 Å². The van der Waals surface area contributed by atoms with Crippen LogP contribution in [0.25, 0.3) is 0 Å². The Labute approximate surface area is 123 Å². The van der Waals surface area contributed by atoms with Crippen molar-refractivity contribution in [2.24, 2.45) is 0 Å². The highest BCUT2D eigenvalue weighted by molar-refractivity contribution is 7.34. The lowest BCUT2D eigenvalue weighted by molar-refractivity contribution is 0.114. The zero-order valence-electron chi connectivity index (χ0n) is 10.9. The Morgan fingerprint density at radius 2 is 1.05 bits per heavy atom. The van der Waals surface area contributed by atoms with Crippen LogP contribution in [0.2, 0.25) is 0 Å². The predicted molar refractivity (Wildman–Crippen MR) is 79.2 cm³/mol. The first-order chi connectivity index (χ1) is 10.2. The fourth-order valence-corrected chi connectivity index (χ4v) is 2.56. The molecule has 0 spiro atoms. The van der Waals surface area contributed by atoms with Gasteiger partial charge >= 0.3 is 16.5 Å². The molecular weight excluding hydrogens is 314 g/mol. The molecule has 0 aliphatic rings. The topological polar surface area (TPSA) is 71.1 Å². The molecule has 112 valence electrons. The third-order valence-corrected chi connectivity index (χ3v) is 3.75. The molecule has 2 aromatic rings. The van der Waals surface area contributed by atoms with Gasteiger partial charge in [-0.25, -0.2) is 9.13 Å². The van der Waals surface area contributed by atoms with Crippen LogP contribution in [-0.2, 0) is 18.2 Å². The van der Waals surface area contributed by atoms with Crippen LogP contribution in [0.5, 0.6) is 11.5 Å². The normalized spacial score (nSPS) is 13.3. The number of hydrogen-bond acceptors (Lipinski definition) is 6. The van der Waals surface area contributed by atoms with Gasteiger partial charge in [0.25, 0.3) is 0 Å². The third kappa shape index (κ3) is 6.15. The highest BCUT2D eigenvalue weighted by atomic mass is 31.1. The molecule has 6 nitrogen and oxygen atoms in total. The quantitative estimate of drug-likeness (QED) is 0.540. The smallest absolute Gasteiger partial charge is 0.369 e. The van der Waals surface area contributed by atoms with Gasteiger partial charge in [0, 0.05) is 0 Å². The number of hydrogen-bond donors (Lipinski definition) is 0. The van der Waals surface area contributed by atoms with E-state index in [2.05, 4.69) is 0 Å². The molecule has 2 atom stereocenters. The van der Waals surface area contributed by atoms with Crippen LogP contribution in [0.1, 0.15) is 0 Å². The van der Waals surface area contributed by atoms with E-state index in [0.29, 0.717) is 11.5 Å². The van der Waals surface area contributed by atoms with Gasteiger partial charge < -0.3 is 9.05 Å². The van der Waals surface area contributed by atoms with Crippen molar-refractivity contribution in [2.75, 3.05) is 6.79 Å². The van der Waals surface area contributed by atoms with Gasteiger partial charge in [-0.3, -0.25) is 9.05 Å². The fraction of sp³-hybridized carbons (Fsp3) is 0.0769. The molecule has 0 saturated heterocycles. The van der Waals surface area contributed by atoms with E-state index < -0.39 is 23.3 Å². The second-order valence-electron chi connectivity index (χ2n) is 3.74. The molecule has 0 saturated carbocycles. The molecule has 0 N–H and O–H groups in total. The lowest BCUT2D eigenvalue weighted by Gasteiger charge is -2.08. The second-order valence-corrected chi connectivity index (χ2v) is 5.72. The van der Waals surface area contributed by atoms with E-state index in [0.717, 1.165) is 0 Å². The second kappa shape index (κ2) is 8.65. The Kier molecular flexibility index (Phi) is 6.51. The lowest BCUT2D eigenvalue weighted by atomic mass is 10.3. The zero-order valence-corrected chi connectivity index (χ0v) is 12.9. The van der Waals surface area contributed by atoms with Gasteiger partial charge in [0.2, 0.25) is 0 Å². The average molecular weight is 328 g/mol. The third-order valence-electron chi connectivity index (χ3n) is 2.24. The van der Waals surface area contributed by atoms with Crippen molar-refractivity contribution >= 4 is 16.5 Å². The van der Waals surface area contributed by atoms with E-state index in [1.54, 1.807) is 60.7 Å². The van der Waals surface area contributed by atoms with Crippen LogP contribution in [0.4, 0.5) is 0 Å². The molecule has 0 amide bonds. The summed E-state index contributed by atoms with van der Waals surface area (Å²) in [5.41, 5.74) is 0. The maximum Gasteiger partial charge on any atom is 0.369 e. The van der Waals surface area contributed by atoms with Crippen molar-refractivity contribution in [3.8, 4) is 11.5 Å². The van der Waals surface area contributed by atoms with Gasteiger partial charge in [-0.05, 0) is 24.3 Å². The summed E-state index contributed by atoms with van der Waals surface area (Å²) >= 11 is 0. The SMILES string of the molecule is O=[PH](OCO[PH](=O)Oc1ccccc1)Oc1ccccc1. The van der Waals surface area contributed by atoms with Gasteiger partial charge in [-0.15, -0.1) is 0 Å². The molecule has 0 aromatic heterocycles. The molecule has 2 aromatic carbocycles. The van der Waals surface area contributed by atoms with Crippen LogP contribution in [0.15, 0.2) is 60.7 Å². The van der Waals surface area contributed by atoms with Gasteiger partial charge in [-0.1, -0.05) is 36.4 Å². The first kappa shape index (κ1) is 15.8. The van der Waals surface area contributed by atoms with Crippen molar-refractivity contribution < 1.29 is 27.2 Å². The Morgan fingerprint density at radius 1 is 0.667 bits per heavy atom.